The first kappa shape index (κ1) is 17.9. The lowest BCUT2D eigenvalue weighted by molar-refractivity contribution is 0.0787. The normalized spacial score (nSPS) is 17.4. The molecule has 0 aliphatic carbocycles. The van der Waals surface area contributed by atoms with E-state index in [0.29, 0.717) is 47.7 Å². The predicted octanol–water partition coefficient (Wildman–Crippen LogP) is 2.95. The first-order chi connectivity index (χ1) is 11.1. The highest BCUT2D eigenvalue weighted by molar-refractivity contribution is 6.32. The molecule has 0 spiro atoms. The maximum absolute atomic E-state index is 12.6. The molecule has 2 N–H and O–H groups in total. The van der Waals surface area contributed by atoms with Gasteiger partial charge < -0.3 is 20.1 Å². The standard InChI is InChI=1S/C17H25ClN2O3/c1-3-4-7-23-16-14(18)8-13(9-15(16)22-2)17(21)20-6-5-12(10-19)11-20/h8-9,12H,3-7,10-11,19H2,1-2H3/t12-/m0/s1. The summed E-state index contributed by atoms with van der Waals surface area (Å²) in [7, 11) is 1.55. The highest BCUT2D eigenvalue weighted by Crippen LogP contribution is 2.37. The molecule has 128 valence electrons. The van der Waals surface area contributed by atoms with Crippen molar-refractivity contribution in [3.8, 4) is 11.5 Å². The van der Waals surface area contributed by atoms with E-state index in [4.69, 9.17) is 26.8 Å². The minimum atomic E-state index is -0.0405. The molecule has 23 heavy (non-hydrogen) atoms. The van der Waals surface area contributed by atoms with E-state index in [1.807, 2.05) is 4.90 Å². The molecule has 1 aliphatic heterocycles. The number of halogens is 1. The molecule has 1 aromatic carbocycles. The fraction of sp³-hybridized carbons (Fsp3) is 0.588. The Labute approximate surface area is 142 Å². The fourth-order valence-corrected chi connectivity index (χ4v) is 2.96. The largest absolute Gasteiger partial charge is 0.493 e. The molecule has 1 saturated heterocycles. The predicted molar refractivity (Wildman–Crippen MR) is 91.5 cm³/mol. The number of ether oxygens (including phenoxy) is 2. The maximum Gasteiger partial charge on any atom is 0.254 e. The second-order valence-electron chi connectivity index (χ2n) is 5.83. The van der Waals surface area contributed by atoms with Crippen LogP contribution in [-0.4, -0.2) is 44.2 Å². The molecular formula is C17H25ClN2O3. The number of amides is 1. The lowest BCUT2D eigenvalue weighted by Crippen LogP contribution is -2.29. The lowest BCUT2D eigenvalue weighted by atomic mass is 10.1. The van der Waals surface area contributed by atoms with Gasteiger partial charge in [0.15, 0.2) is 11.5 Å². The Morgan fingerprint density at radius 1 is 1.48 bits per heavy atom. The third kappa shape index (κ3) is 4.30. The number of carbonyl (C=O) groups excluding carboxylic acids is 1. The van der Waals surface area contributed by atoms with E-state index in [2.05, 4.69) is 6.92 Å². The molecule has 1 heterocycles. The number of benzene rings is 1. The van der Waals surface area contributed by atoms with Crippen molar-refractivity contribution in [2.45, 2.75) is 26.2 Å². The topological polar surface area (TPSA) is 64.8 Å². The number of carbonyl (C=O) groups is 1. The molecule has 0 unspecified atom stereocenters. The van der Waals surface area contributed by atoms with E-state index in [9.17, 15) is 4.79 Å². The van der Waals surface area contributed by atoms with Crippen molar-refractivity contribution in [1.82, 2.24) is 4.90 Å². The smallest absolute Gasteiger partial charge is 0.254 e. The molecule has 5 nitrogen and oxygen atoms in total. The Kier molecular flexibility index (Phi) is 6.54. The number of hydrogen-bond donors (Lipinski definition) is 1. The van der Waals surface area contributed by atoms with E-state index in [-0.39, 0.29) is 5.91 Å². The van der Waals surface area contributed by atoms with E-state index >= 15 is 0 Å². The van der Waals surface area contributed by atoms with Crippen LogP contribution < -0.4 is 15.2 Å². The average Bonchev–Trinajstić information content (AvgIpc) is 3.04. The van der Waals surface area contributed by atoms with Crippen LogP contribution in [0.3, 0.4) is 0 Å². The van der Waals surface area contributed by atoms with E-state index in [0.717, 1.165) is 25.8 Å². The van der Waals surface area contributed by atoms with Gasteiger partial charge in [-0.2, -0.15) is 0 Å². The quantitative estimate of drug-likeness (QED) is 0.775. The molecular weight excluding hydrogens is 316 g/mol. The molecule has 1 aliphatic rings. The highest BCUT2D eigenvalue weighted by atomic mass is 35.5. The summed E-state index contributed by atoms with van der Waals surface area (Å²) in [5, 5.41) is 0.401. The maximum atomic E-state index is 12.6. The molecule has 6 heteroatoms. The third-order valence-electron chi connectivity index (χ3n) is 4.13. The van der Waals surface area contributed by atoms with Crippen molar-refractivity contribution in [3.63, 3.8) is 0 Å². The van der Waals surface area contributed by atoms with Gasteiger partial charge in [0.2, 0.25) is 0 Å². The third-order valence-corrected chi connectivity index (χ3v) is 4.41. The van der Waals surface area contributed by atoms with Gasteiger partial charge >= 0.3 is 0 Å². The number of rotatable bonds is 7. The van der Waals surface area contributed by atoms with Crippen LogP contribution in [0, 0.1) is 5.92 Å². The minimum absolute atomic E-state index is 0.0405. The molecule has 2 rings (SSSR count). The summed E-state index contributed by atoms with van der Waals surface area (Å²) >= 11 is 6.30. The Balaban J connectivity index is 2.17. The van der Waals surface area contributed by atoms with Crippen LogP contribution in [0.2, 0.25) is 5.02 Å². The molecule has 1 atom stereocenters. The molecule has 0 radical (unpaired) electrons. The molecule has 1 amide bonds. The second-order valence-corrected chi connectivity index (χ2v) is 6.24. The summed E-state index contributed by atoms with van der Waals surface area (Å²) in [4.78, 5) is 14.5. The summed E-state index contributed by atoms with van der Waals surface area (Å²) in [6.45, 7) is 4.70. The minimum Gasteiger partial charge on any atom is -0.493 e. The van der Waals surface area contributed by atoms with Crippen LogP contribution in [0.5, 0.6) is 11.5 Å². The van der Waals surface area contributed by atoms with Crippen LogP contribution in [-0.2, 0) is 0 Å². The monoisotopic (exact) mass is 340 g/mol. The first-order valence-electron chi connectivity index (χ1n) is 8.10. The zero-order chi connectivity index (χ0) is 16.8. The van der Waals surface area contributed by atoms with Gasteiger partial charge in [0.1, 0.15) is 0 Å². The van der Waals surface area contributed by atoms with Gasteiger partial charge in [-0.15, -0.1) is 0 Å². The highest BCUT2D eigenvalue weighted by Gasteiger charge is 2.27. The Bertz CT molecular complexity index is 551. The summed E-state index contributed by atoms with van der Waals surface area (Å²) in [6.07, 6.45) is 2.92. The molecule has 0 bridgehead atoms. The fourth-order valence-electron chi connectivity index (χ4n) is 2.69. The number of likely N-dealkylation sites (tertiary alicyclic amines) is 1. The van der Waals surface area contributed by atoms with Crippen LogP contribution >= 0.6 is 11.6 Å². The number of unbranched alkanes of at least 4 members (excludes halogenated alkanes) is 1. The molecule has 1 aromatic rings. The number of nitrogens with two attached hydrogens (primary N) is 1. The Morgan fingerprint density at radius 2 is 2.26 bits per heavy atom. The van der Waals surface area contributed by atoms with Crippen molar-refractivity contribution >= 4 is 17.5 Å². The van der Waals surface area contributed by atoms with Crippen LogP contribution in [0.25, 0.3) is 0 Å². The summed E-state index contributed by atoms with van der Waals surface area (Å²) in [5.41, 5.74) is 6.21. The van der Waals surface area contributed by atoms with Crippen LogP contribution in [0.4, 0.5) is 0 Å². The molecule has 1 fully saturated rings. The summed E-state index contributed by atoms with van der Waals surface area (Å²) in [5.74, 6) is 1.33. The van der Waals surface area contributed by atoms with Crippen molar-refractivity contribution in [3.05, 3.63) is 22.7 Å². The van der Waals surface area contributed by atoms with Gasteiger partial charge in [-0.05, 0) is 37.4 Å². The zero-order valence-electron chi connectivity index (χ0n) is 13.8. The zero-order valence-corrected chi connectivity index (χ0v) is 14.6. The molecule has 0 saturated carbocycles. The van der Waals surface area contributed by atoms with Crippen molar-refractivity contribution in [2.24, 2.45) is 11.7 Å². The number of nitrogens with zero attached hydrogens (tertiary/aromatic N) is 1. The first-order valence-corrected chi connectivity index (χ1v) is 8.48. The van der Waals surface area contributed by atoms with Gasteiger partial charge in [0.05, 0.1) is 18.7 Å². The van der Waals surface area contributed by atoms with Crippen molar-refractivity contribution < 1.29 is 14.3 Å². The van der Waals surface area contributed by atoms with Gasteiger partial charge in [-0.25, -0.2) is 0 Å². The molecule has 0 aromatic heterocycles. The van der Waals surface area contributed by atoms with E-state index in [1.54, 1.807) is 19.2 Å². The van der Waals surface area contributed by atoms with Crippen molar-refractivity contribution in [2.75, 3.05) is 33.4 Å². The SMILES string of the molecule is CCCCOc1c(Cl)cc(C(=O)N2CC[C@@H](CN)C2)cc1OC. The van der Waals surface area contributed by atoms with Gasteiger partial charge in [0, 0.05) is 18.7 Å². The van der Waals surface area contributed by atoms with Crippen molar-refractivity contribution in [1.29, 1.82) is 0 Å². The average molecular weight is 341 g/mol. The van der Waals surface area contributed by atoms with Crippen LogP contribution in [0.1, 0.15) is 36.5 Å². The van der Waals surface area contributed by atoms with E-state index in [1.165, 1.54) is 0 Å². The number of hydrogen-bond acceptors (Lipinski definition) is 4. The summed E-state index contributed by atoms with van der Waals surface area (Å²) in [6, 6.07) is 3.36. The van der Waals surface area contributed by atoms with Gasteiger partial charge in [0.25, 0.3) is 5.91 Å². The van der Waals surface area contributed by atoms with Crippen LogP contribution in [0.15, 0.2) is 12.1 Å². The Hall–Kier alpha value is -1.46. The second kappa shape index (κ2) is 8.41. The lowest BCUT2D eigenvalue weighted by Gasteiger charge is -2.18. The van der Waals surface area contributed by atoms with E-state index < -0.39 is 0 Å². The van der Waals surface area contributed by atoms with Gasteiger partial charge in [-0.1, -0.05) is 24.9 Å². The number of methoxy groups -OCH3 is 1. The Morgan fingerprint density at radius 3 is 2.87 bits per heavy atom. The summed E-state index contributed by atoms with van der Waals surface area (Å²) < 4.78 is 11.0. The van der Waals surface area contributed by atoms with Gasteiger partial charge in [-0.3, -0.25) is 4.79 Å².